The smallest absolute Gasteiger partial charge is 0.227 e. The van der Waals surface area contributed by atoms with E-state index in [1.807, 2.05) is 25.1 Å². The molecule has 2 amide bonds. The van der Waals surface area contributed by atoms with Crippen molar-refractivity contribution in [3.05, 3.63) is 47.0 Å². The fourth-order valence-corrected chi connectivity index (χ4v) is 3.64. The quantitative estimate of drug-likeness (QED) is 0.670. The van der Waals surface area contributed by atoms with Crippen LogP contribution in [0.1, 0.15) is 25.3 Å². The maximum absolute atomic E-state index is 12.8. The number of hydrogen-bond acceptors (Lipinski definition) is 5. The van der Waals surface area contributed by atoms with E-state index in [9.17, 15) is 9.59 Å². The van der Waals surface area contributed by atoms with Crippen LogP contribution < -0.4 is 24.4 Å². The Morgan fingerprint density at radius 1 is 1.13 bits per heavy atom. The van der Waals surface area contributed by atoms with Crippen molar-refractivity contribution in [1.82, 2.24) is 5.32 Å². The van der Waals surface area contributed by atoms with Gasteiger partial charge < -0.3 is 24.4 Å². The maximum Gasteiger partial charge on any atom is 0.227 e. The van der Waals surface area contributed by atoms with Gasteiger partial charge in [0.15, 0.2) is 11.5 Å². The topological polar surface area (TPSA) is 77.1 Å². The van der Waals surface area contributed by atoms with Crippen molar-refractivity contribution in [3.63, 3.8) is 0 Å². The molecule has 1 atom stereocenters. The molecule has 0 saturated carbocycles. The number of hydrogen-bond donors (Lipinski definition) is 1. The third-order valence-corrected chi connectivity index (χ3v) is 5.27. The van der Waals surface area contributed by atoms with Crippen molar-refractivity contribution in [2.45, 2.75) is 32.3 Å². The van der Waals surface area contributed by atoms with Crippen molar-refractivity contribution in [3.8, 4) is 17.2 Å². The van der Waals surface area contributed by atoms with Crippen molar-refractivity contribution in [2.24, 2.45) is 0 Å². The molecule has 2 aromatic carbocycles. The summed E-state index contributed by atoms with van der Waals surface area (Å²) < 4.78 is 16.3. The molecule has 0 unspecified atom stereocenters. The highest BCUT2D eigenvalue weighted by Crippen LogP contribution is 2.36. The largest absolute Gasteiger partial charge is 0.493 e. The Morgan fingerprint density at radius 3 is 2.65 bits per heavy atom. The molecule has 0 spiro atoms. The molecule has 3 rings (SSSR count). The van der Waals surface area contributed by atoms with Gasteiger partial charge in [-0.3, -0.25) is 9.59 Å². The first-order chi connectivity index (χ1) is 14.9. The summed E-state index contributed by atoms with van der Waals surface area (Å²) in [6.45, 7) is 2.79. The van der Waals surface area contributed by atoms with Gasteiger partial charge in [-0.1, -0.05) is 17.7 Å². The molecule has 8 heteroatoms. The zero-order valence-electron chi connectivity index (χ0n) is 17.9. The van der Waals surface area contributed by atoms with E-state index < -0.39 is 0 Å². The molecule has 7 nitrogen and oxygen atoms in total. The van der Waals surface area contributed by atoms with Gasteiger partial charge in [0.25, 0.3) is 0 Å². The number of benzene rings is 2. The zero-order valence-corrected chi connectivity index (χ0v) is 18.7. The number of anilines is 1. The van der Waals surface area contributed by atoms with Crippen molar-refractivity contribution in [1.29, 1.82) is 0 Å². The number of amides is 2. The number of rotatable bonds is 8. The van der Waals surface area contributed by atoms with Crippen LogP contribution in [0.2, 0.25) is 5.02 Å². The van der Waals surface area contributed by atoms with Gasteiger partial charge in [-0.25, -0.2) is 0 Å². The summed E-state index contributed by atoms with van der Waals surface area (Å²) in [5, 5.41) is 3.40. The molecule has 166 valence electrons. The SMILES string of the molecule is COc1ccc(CCNC(=O)CCC(=O)N2C[C@H](C)Oc3ccc(Cl)cc32)cc1OC. The van der Waals surface area contributed by atoms with Crippen LogP contribution in [-0.4, -0.2) is 45.2 Å². The lowest BCUT2D eigenvalue weighted by molar-refractivity contribution is -0.125. The summed E-state index contributed by atoms with van der Waals surface area (Å²) >= 11 is 6.08. The van der Waals surface area contributed by atoms with Crippen LogP contribution >= 0.6 is 11.6 Å². The number of nitrogens with one attached hydrogen (secondary N) is 1. The van der Waals surface area contributed by atoms with E-state index in [1.165, 1.54) is 0 Å². The third kappa shape index (κ3) is 5.82. The van der Waals surface area contributed by atoms with E-state index in [4.69, 9.17) is 25.8 Å². The fraction of sp³-hybridized carbons (Fsp3) is 0.391. The minimum Gasteiger partial charge on any atom is -0.493 e. The molecule has 1 aliphatic heterocycles. The minimum atomic E-state index is -0.165. The van der Waals surface area contributed by atoms with E-state index in [1.54, 1.807) is 37.3 Å². The Morgan fingerprint density at radius 2 is 1.90 bits per heavy atom. The third-order valence-electron chi connectivity index (χ3n) is 5.03. The predicted molar refractivity (Wildman–Crippen MR) is 119 cm³/mol. The van der Waals surface area contributed by atoms with Gasteiger partial charge in [-0.05, 0) is 49.2 Å². The van der Waals surface area contributed by atoms with E-state index in [2.05, 4.69) is 5.32 Å². The summed E-state index contributed by atoms with van der Waals surface area (Å²) in [5.74, 6) is 1.64. The molecule has 0 bridgehead atoms. The number of halogens is 1. The highest BCUT2D eigenvalue weighted by atomic mass is 35.5. The Bertz CT molecular complexity index is 950. The number of nitrogens with zero attached hydrogens (tertiary/aromatic N) is 1. The van der Waals surface area contributed by atoms with Crippen LogP contribution in [0, 0.1) is 0 Å². The maximum atomic E-state index is 12.8. The molecule has 1 heterocycles. The van der Waals surface area contributed by atoms with Gasteiger partial charge in [0.05, 0.1) is 26.5 Å². The molecule has 0 aromatic heterocycles. The lowest BCUT2D eigenvalue weighted by atomic mass is 10.1. The summed E-state index contributed by atoms with van der Waals surface area (Å²) in [4.78, 5) is 26.7. The zero-order chi connectivity index (χ0) is 22.4. The number of ether oxygens (including phenoxy) is 3. The van der Waals surface area contributed by atoms with E-state index >= 15 is 0 Å². The fourth-order valence-electron chi connectivity index (χ4n) is 3.47. The number of carbonyl (C=O) groups is 2. The molecule has 2 aromatic rings. The van der Waals surface area contributed by atoms with E-state index in [0.717, 1.165) is 5.56 Å². The average molecular weight is 447 g/mol. The summed E-state index contributed by atoms with van der Waals surface area (Å²) in [6, 6.07) is 10.9. The summed E-state index contributed by atoms with van der Waals surface area (Å²) in [5.41, 5.74) is 1.66. The molecular formula is C23H27ClN2O5. The second-order valence-electron chi connectivity index (χ2n) is 7.33. The Hall–Kier alpha value is -2.93. The minimum absolute atomic E-state index is 0.112. The lowest BCUT2D eigenvalue weighted by Crippen LogP contribution is -2.42. The molecule has 1 aliphatic rings. The highest BCUT2D eigenvalue weighted by molar-refractivity contribution is 6.31. The second kappa shape index (κ2) is 10.4. The first-order valence-electron chi connectivity index (χ1n) is 10.2. The van der Waals surface area contributed by atoms with Gasteiger partial charge in [0, 0.05) is 24.4 Å². The molecule has 1 N–H and O–H groups in total. The van der Waals surface area contributed by atoms with Crippen LogP contribution in [0.5, 0.6) is 17.2 Å². The molecule has 0 fully saturated rings. The monoisotopic (exact) mass is 446 g/mol. The molecule has 0 radical (unpaired) electrons. The summed E-state index contributed by atoms with van der Waals surface area (Å²) in [7, 11) is 3.17. The lowest BCUT2D eigenvalue weighted by Gasteiger charge is -2.33. The number of methoxy groups -OCH3 is 2. The van der Waals surface area contributed by atoms with Crippen LogP contribution in [0.3, 0.4) is 0 Å². The molecule has 0 saturated heterocycles. The van der Waals surface area contributed by atoms with Gasteiger partial charge in [0.1, 0.15) is 11.9 Å². The van der Waals surface area contributed by atoms with Crippen molar-refractivity contribution < 1.29 is 23.8 Å². The Labute approximate surface area is 187 Å². The standard InChI is InChI=1S/C23H27ClN2O5/c1-15-14-26(18-13-17(24)5-7-19(18)31-15)23(28)9-8-22(27)25-11-10-16-4-6-20(29-2)21(12-16)30-3/h4-7,12-13,15H,8-11,14H2,1-3H3,(H,25,27)/t15-/m0/s1. The molecule has 31 heavy (non-hydrogen) atoms. The first-order valence-corrected chi connectivity index (χ1v) is 10.5. The first kappa shape index (κ1) is 22.7. The number of carbonyl (C=O) groups excluding carboxylic acids is 2. The van der Waals surface area contributed by atoms with E-state index in [0.29, 0.717) is 47.5 Å². The van der Waals surface area contributed by atoms with Crippen LogP contribution in [0.15, 0.2) is 36.4 Å². The molecule has 0 aliphatic carbocycles. The van der Waals surface area contributed by atoms with Gasteiger partial charge >= 0.3 is 0 Å². The van der Waals surface area contributed by atoms with Gasteiger partial charge in [-0.2, -0.15) is 0 Å². The second-order valence-corrected chi connectivity index (χ2v) is 7.77. The van der Waals surface area contributed by atoms with Crippen molar-refractivity contribution in [2.75, 3.05) is 32.2 Å². The Kier molecular flexibility index (Phi) is 7.63. The van der Waals surface area contributed by atoms with Crippen LogP contribution in [0.4, 0.5) is 5.69 Å². The predicted octanol–water partition coefficient (Wildman–Crippen LogP) is 3.61. The normalized spacial score (nSPS) is 15.0. The van der Waals surface area contributed by atoms with Crippen LogP contribution in [0.25, 0.3) is 0 Å². The summed E-state index contributed by atoms with van der Waals surface area (Å²) in [6.07, 6.45) is 0.744. The van der Waals surface area contributed by atoms with Crippen LogP contribution in [-0.2, 0) is 16.0 Å². The van der Waals surface area contributed by atoms with Crippen molar-refractivity contribution >= 4 is 29.1 Å². The number of fused-ring (bicyclic) bond motifs is 1. The Balaban J connectivity index is 1.49. The highest BCUT2D eigenvalue weighted by Gasteiger charge is 2.27. The average Bonchev–Trinajstić information content (AvgIpc) is 2.77. The van der Waals surface area contributed by atoms with Gasteiger partial charge in [-0.15, -0.1) is 0 Å². The molecular weight excluding hydrogens is 420 g/mol. The van der Waals surface area contributed by atoms with E-state index in [-0.39, 0.29) is 30.8 Å². The van der Waals surface area contributed by atoms with Gasteiger partial charge in [0.2, 0.25) is 11.8 Å².